The summed E-state index contributed by atoms with van der Waals surface area (Å²) in [4.78, 5) is 30.0. The number of halogens is 1. The molecule has 0 spiro atoms. The first-order chi connectivity index (χ1) is 16.9. The van der Waals surface area contributed by atoms with E-state index >= 15 is 0 Å². The van der Waals surface area contributed by atoms with Gasteiger partial charge in [-0.25, -0.2) is 4.39 Å². The lowest BCUT2D eigenvalue weighted by Crippen LogP contribution is -2.38. The number of benzene rings is 2. The molecule has 2 aromatic rings. The Morgan fingerprint density at radius 3 is 2.40 bits per heavy atom. The highest BCUT2D eigenvalue weighted by molar-refractivity contribution is 6.46. The van der Waals surface area contributed by atoms with E-state index in [9.17, 15) is 19.1 Å². The van der Waals surface area contributed by atoms with Crippen LogP contribution >= 0.6 is 0 Å². The molecule has 2 aromatic carbocycles. The van der Waals surface area contributed by atoms with E-state index in [0.29, 0.717) is 37.5 Å². The van der Waals surface area contributed by atoms with Crippen molar-refractivity contribution in [3.05, 3.63) is 65.0 Å². The standard InChI is InChI=1S/C26H29FN2O6/c1-33-19-7-4-17(5-8-19)23-22(24(30)18-6-9-21(34-2)20(27)16-18)25(31)26(32)29(23)11-3-10-28-12-14-35-15-13-28/h4-9,16,23,30H,3,10-15H2,1-2H3/t23-/m1/s1. The van der Waals surface area contributed by atoms with Crippen molar-refractivity contribution in [1.82, 2.24) is 9.80 Å². The van der Waals surface area contributed by atoms with Crippen LogP contribution in [0.2, 0.25) is 0 Å². The average molecular weight is 485 g/mol. The molecule has 0 aromatic heterocycles. The molecular weight excluding hydrogens is 455 g/mol. The van der Waals surface area contributed by atoms with E-state index in [1.807, 2.05) is 0 Å². The highest BCUT2D eigenvalue weighted by Crippen LogP contribution is 2.40. The number of nitrogens with zero attached hydrogens (tertiary/aromatic N) is 2. The predicted octanol–water partition coefficient (Wildman–Crippen LogP) is 2.99. The second-order valence-electron chi connectivity index (χ2n) is 8.42. The monoisotopic (exact) mass is 484 g/mol. The number of aliphatic hydroxyl groups is 1. The van der Waals surface area contributed by atoms with Crippen molar-refractivity contribution in [1.29, 1.82) is 0 Å². The van der Waals surface area contributed by atoms with Gasteiger partial charge in [-0.05, 0) is 42.3 Å². The average Bonchev–Trinajstić information content (AvgIpc) is 3.14. The molecule has 2 saturated heterocycles. The van der Waals surface area contributed by atoms with Crippen LogP contribution in [0.15, 0.2) is 48.0 Å². The van der Waals surface area contributed by atoms with Crippen molar-refractivity contribution < 1.29 is 33.3 Å². The largest absolute Gasteiger partial charge is 0.507 e. The Bertz CT molecular complexity index is 1110. The Labute approximate surface area is 203 Å². The zero-order valence-corrected chi connectivity index (χ0v) is 19.8. The maximum absolute atomic E-state index is 14.3. The smallest absolute Gasteiger partial charge is 0.295 e. The summed E-state index contributed by atoms with van der Waals surface area (Å²) in [7, 11) is 2.88. The summed E-state index contributed by atoms with van der Waals surface area (Å²) in [6.45, 7) is 4.08. The van der Waals surface area contributed by atoms with Crippen molar-refractivity contribution in [2.24, 2.45) is 0 Å². The summed E-state index contributed by atoms with van der Waals surface area (Å²) in [5.74, 6) is -1.97. The molecule has 8 nitrogen and oxygen atoms in total. The molecule has 2 aliphatic heterocycles. The van der Waals surface area contributed by atoms with Gasteiger partial charge in [0.1, 0.15) is 11.5 Å². The van der Waals surface area contributed by atoms with E-state index in [2.05, 4.69) is 4.90 Å². The quantitative estimate of drug-likeness (QED) is 0.350. The van der Waals surface area contributed by atoms with Gasteiger partial charge >= 0.3 is 0 Å². The van der Waals surface area contributed by atoms with Crippen molar-refractivity contribution in [2.75, 3.05) is 53.6 Å². The second-order valence-corrected chi connectivity index (χ2v) is 8.42. The van der Waals surface area contributed by atoms with E-state index in [4.69, 9.17) is 14.2 Å². The summed E-state index contributed by atoms with van der Waals surface area (Å²) in [6, 6.07) is 10.1. The van der Waals surface area contributed by atoms with E-state index in [1.165, 1.54) is 24.1 Å². The van der Waals surface area contributed by atoms with Gasteiger partial charge in [-0.3, -0.25) is 14.5 Å². The zero-order valence-electron chi connectivity index (χ0n) is 19.8. The van der Waals surface area contributed by atoms with Gasteiger partial charge in [0, 0.05) is 31.7 Å². The van der Waals surface area contributed by atoms with E-state index in [0.717, 1.165) is 25.7 Å². The first-order valence-corrected chi connectivity index (χ1v) is 11.5. The lowest BCUT2D eigenvalue weighted by Gasteiger charge is -2.29. The number of hydrogen-bond acceptors (Lipinski definition) is 7. The fourth-order valence-electron chi connectivity index (χ4n) is 4.50. The Hall–Kier alpha value is -3.43. The minimum absolute atomic E-state index is 0.0109. The summed E-state index contributed by atoms with van der Waals surface area (Å²) in [5.41, 5.74) is 0.663. The fraction of sp³-hybridized carbons (Fsp3) is 0.385. The third kappa shape index (κ3) is 5.16. The Kier molecular flexibility index (Phi) is 7.67. The molecule has 1 atom stereocenters. The second kappa shape index (κ2) is 10.9. The van der Waals surface area contributed by atoms with Crippen LogP contribution in [0.5, 0.6) is 11.5 Å². The lowest BCUT2D eigenvalue weighted by molar-refractivity contribution is -0.140. The number of aliphatic hydroxyl groups excluding tert-OH is 1. The highest BCUT2D eigenvalue weighted by atomic mass is 19.1. The summed E-state index contributed by atoms with van der Waals surface area (Å²) in [6.07, 6.45) is 0.650. The Morgan fingerprint density at radius 2 is 1.77 bits per heavy atom. The van der Waals surface area contributed by atoms with Gasteiger partial charge in [-0.1, -0.05) is 12.1 Å². The molecule has 2 fully saturated rings. The van der Waals surface area contributed by atoms with Gasteiger partial charge < -0.3 is 24.2 Å². The molecule has 0 unspecified atom stereocenters. The lowest BCUT2D eigenvalue weighted by atomic mass is 9.95. The molecule has 2 heterocycles. The summed E-state index contributed by atoms with van der Waals surface area (Å²) in [5, 5.41) is 11.1. The fourth-order valence-corrected chi connectivity index (χ4v) is 4.50. The van der Waals surface area contributed by atoms with E-state index in [1.54, 1.807) is 31.4 Å². The number of morpholine rings is 1. The number of ketones is 1. The molecule has 0 aliphatic carbocycles. The number of likely N-dealkylation sites (tertiary alicyclic amines) is 1. The normalized spacial score (nSPS) is 20.3. The number of methoxy groups -OCH3 is 2. The molecule has 1 amide bonds. The topological polar surface area (TPSA) is 88.5 Å². The number of ether oxygens (including phenoxy) is 3. The van der Waals surface area contributed by atoms with E-state index in [-0.39, 0.29) is 16.9 Å². The van der Waals surface area contributed by atoms with Crippen LogP contribution in [0.3, 0.4) is 0 Å². The first-order valence-electron chi connectivity index (χ1n) is 11.5. The van der Waals surface area contributed by atoms with Crippen molar-refractivity contribution in [3.8, 4) is 11.5 Å². The van der Waals surface area contributed by atoms with Crippen molar-refractivity contribution in [2.45, 2.75) is 12.5 Å². The summed E-state index contributed by atoms with van der Waals surface area (Å²) < 4.78 is 29.9. The molecule has 186 valence electrons. The van der Waals surface area contributed by atoms with Gasteiger partial charge in [0.15, 0.2) is 11.6 Å². The van der Waals surface area contributed by atoms with Gasteiger partial charge in [-0.15, -0.1) is 0 Å². The van der Waals surface area contributed by atoms with Gasteiger partial charge in [0.2, 0.25) is 0 Å². The van der Waals surface area contributed by atoms with Crippen LogP contribution in [-0.2, 0) is 14.3 Å². The Morgan fingerprint density at radius 1 is 1.06 bits per heavy atom. The molecule has 4 rings (SSSR count). The van der Waals surface area contributed by atoms with Crippen LogP contribution in [-0.4, -0.2) is 80.2 Å². The van der Waals surface area contributed by atoms with Crippen molar-refractivity contribution >= 4 is 17.4 Å². The van der Waals surface area contributed by atoms with Crippen LogP contribution in [0.4, 0.5) is 4.39 Å². The third-order valence-electron chi connectivity index (χ3n) is 6.37. The van der Waals surface area contributed by atoms with Crippen LogP contribution in [0.25, 0.3) is 5.76 Å². The number of carbonyl (C=O) groups is 2. The molecule has 0 bridgehead atoms. The maximum atomic E-state index is 14.3. The molecular formula is C26H29FN2O6. The van der Waals surface area contributed by atoms with Gasteiger partial charge in [0.25, 0.3) is 11.7 Å². The zero-order chi connectivity index (χ0) is 24.9. The van der Waals surface area contributed by atoms with Gasteiger partial charge in [-0.2, -0.15) is 0 Å². The number of carbonyl (C=O) groups excluding carboxylic acids is 2. The molecule has 9 heteroatoms. The van der Waals surface area contributed by atoms with Crippen LogP contribution < -0.4 is 9.47 Å². The number of Topliss-reactive ketones (excluding diaryl/α,β-unsaturated/α-hetero) is 1. The SMILES string of the molecule is COc1ccc([C@@H]2C(=C(O)c3ccc(OC)c(F)c3)C(=O)C(=O)N2CCCN2CCOCC2)cc1. The van der Waals surface area contributed by atoms with Crippen LogP contribution in [0, 0.1) is 5.82 Å². The highest BCUT2D eigenvalue weighted by Gasteiger charge is 2.45. The maximum Gasteiger partial charge on any atom is 0.295 e. The minimum Gasteiger partial charge on any atom is -0.507 e. The molecule has 35 heavy (non-hydrogen) atoms. The first kappa shape index (κ1) is 24.7. The van der Waals surface area contributed by atoms with Crippen molar-refractivity contribution in [3.63, 3.8) is 0 Å². The minimum atomic E-state index is -0.809. The number of amides is 1. The number of hydrogen-bond donors (Lipinski definition) is 1. The summed E-state index contributed by atoms with van der Waals surface area (Å²) >= 11 is 0. The molecule has 1 N–H and O–H groups in total. The Balaban J connectivity index is 1.69. The predicted molar refractivity (Wildman–Crippen MR) is 127 cm³/mol. The molecule has 0 saturated carbocycles. The van der Waals surface area contributed by atoms with Gasteiger partial charge in [0.05, 0.1) is 39.0 Å². The van der Waals surface area contributed by atoms with Crippen LogP contribution in [0.1, 0.15) is 23.6 Å². The third-order valence-corrected chi connectivity index (χ3v) is 6.37. The number of rotatable bonds is 8. The molecule has 0 radical (unpaired) electrons. The van der Waals surface area contributed by atoms with E-state index < -0.39 is 29.3 Å². The molecule has 2 aliphatic rings.